The van der Waals surface area contributed by atoms with Crippen LogP contribution in [0, 0.1) is 11.3 Å². The number of rotatable bonds is 8. The summed E-state index contributed by atoms with van der Waals surface area (Å²) in [5.41, 5.74) is 0.247. The molecule has 0 heterocycles. The SMILES string of the molecule is COCCN(C)CCNS(=O)(=O)c1cc(C#N)ccc1Cl. The molecular formula is C13H18ClN3O3S. The summed E-state index contributed by atoms with van der Waals surface area (Å²) >= 11 is 5.89. The highest BCUT2D eigenvalue weighted by atomic mass is 35.5. The van der Waals surface area contributed by atoms with Crippen LogP contribution in [0.15, 0.2) is 23.1 Å². The van der Waals surface area contributed by atoms with Crippen LogP contribution in [0.4, 0.5) is 0 Å². The molecule has 6 nitrogen and oxygen atoms in total. The van der Waals surface area contributed by atoms with E-state index >= 15 is 0 Å². The van der Waals surface area contributed by atoms with Crippen LogP contribution in [0.1, 0.15) is 5.56 Å². The van der Waals surface area contributed by atoms with Crippen molar-refractivity contribution in [1.29, 1.82) is 5.26 Å². The Morgan fingerprint density at radius 1 is 1.43 bits per heavy atom. The van der Waals surface area contributed by atoms with E-state index in [0.29, 0.717) is 19.7 Å². The minimum Gasteiger partial charge on any atom is -0.383 e. The molecule has 0 saturated heterocycles. The van der Waals surface area contributed by atoms with Crippen LogP contribution in [-0.4, -0.2) is 53.7 Å². The Balaban J connectivity index is 2.68. The van der Waals surface area contributed by atoms with E-state index in [4.69, 9.17) is 21.6 Å². The number of nitrogens with zero attached hydrogens (tertiary/aromatic N) is 2. The van der Waals surface area contributed by atoms with Crippen molar-refractivity contribution >= 4 is 21.6 Å². The number of hydrogen-bond acceptors (Lipinski definition) is 5. The molecule has 0 amide bonds. The van der Waals surface area contributed by atoms with E-state index in [0.717, 1.165) is 0 Å². The smallest absolute Gasteiger partial charge is 0.242 e. The molecule has 0 aliphatic heterocycles. The number of ether oxygens (including phenoxy) is 1. The summed E-state index contributed by atoms with van der Waals surface area (Å²) in [6, 6.07) is 6.03. The molecule has 0 aliphatic carbocycles. The van der Waals surface area contributed by atoms with Gasteiger partial charge in [-0.05, 0) is 25.2 Å². The number of nitrogens with one attached hydrogen (secondary N) is 1. The molecule has 0 radical (unpaired) electrons. The van der Waals surface area contributed by atoms with Crippen LogP contribution >= 0.6 is 11.6 Å². The molecule has 1 rings (SSSR count). The Morgan fingerprint density at radius 3 is 2.76 bits per heavy atom. The molecule has 21 heavy (non-hydrogen) atoms. The van der Waals surface area contributed by atoms with E-state index in [2.05, 4.69) is 4.72 Å². The molecule has 0 aromatic heterocycles. The molecule has 0 spiro atoms. The van der Waals surface area contributed by atoms with Gasteiger partial charge in [0.05, 0.1) is 23.3 Å². The monoisotopic (exact) mass is 331 g/mol. The first kappa shape index (κ1) is 17.9. The van der Waals surface area contributed by atoms with Gasteiger partial charge < -0.3 is 9.64 Å². The van der Waals surface area contributed by atoms with Crippen molar-refractivity contribution in [2.45, 2.75) is 4.90 Å². The molecule has 0 unspecified atom stereocenters. The first-order chi connectivity index (χ1) is 9.90. The summed E-state index contributed by atoms with van der Waals surface area (Å²) in [6.07, 6.45) is 0. The predicted octanol–water partition coefficient (Wildman–Crippen LogP) is 1.07. The van der Waals surface area contributed by atoms with Crippen LogP contribution in [0.2, 0.25) is 5.02 Å². The summed E-state index contributed by atoms with van der Waals surface area (Å²) in [5, 5.41) is 8.92. The van der Waals surface area contributed by atoms with Crippen LogP contribution < -0.4 is 4.72 Å². The second kappa shape index (κ2) is 8.32. The van der Waals surface area contributed by atoms with Gasteiger partial charge in [0.25, 0.3) is 0 Å². The number of benzene rings is 1. The zero-order chi connectivity index (χ0) is 15.9. The van der Waals surface area contributed by atoms with Crippen molar-refractivity contribution in [2.75, 3.05) is 40.4 Å². The molecule has 0 atom stereocenters. The Kier molecular flexibility index (Phi) is 7.08. The molecular weight excluding hydrogens is 314 g/mol. The van der Waals surface area contributed by atoms with Crippen molar-refractivity contribution in [3.8, 4) is 6.07 Å². The maximum Gasteiger partial charge on any atom is 0.242 e. The third-order valence-corrected chi connectivity index (χ3v) is 4.76. The minimum absolute atomic E-state index is 0.0808. The number of nitriles is 1. The average Bonchev–Trinajstić information content (AvgIpc) is 2.45. The fraction of sp³-hybridized carbons (Fsp3) is 0.462. The van der Waals surface area contributed by atoms with Crippen molar-refractivity contribution in [2.24, 2.45) is 0 Å². The predicted molar refractivity (Wildman–Crippen MR) is 80.7 cm³/mol. The van der Waals surface area contributed by atoms with Crippen molar-refractivity contribution in [1.82, 2.24) is 9.62 Å². The third kappa shape index (κ3) is 5.61. The van der Waals surface area contributed by atoms with Crippen molar-refractivity contribution in [3.63, 3.8) is 0 Å². The van der Waals surface area contributed by atoms with Gasteiger partial charge in [-0.3, -0.25) is 0 Å². The van der Waals surface area contributed by atoms with Crippen LogP contribution in [0.5, 0.6) is 0 Å². The first-order valence-electron chi connectivity index (χ1n) is 6.27. The molecule has 116 valence electrons. The van der Waals surface area contributed by atoms with E-state index in [9.17, 15) is 8.42 Å². The third-order valence-electron chi connectivity index (χ3n) is 2.81. The zero-order valence-corrected chi connectivity index (χ0v) is 13.5. The zero-order valence-electron chi connectivity index (χ0n) is 12.0. The number of sulfonamides is 1. The largest absolute Gasteiger partial charge is 0.383 e. The first-order valence-corrected chi connectivity index (χ1v) is 8.13. The lowest BCUT2D eigenvalue weighted by Crippen LogP contribution is -2.34. The van der Waals surface area contributed by atoms with E-state index in [-0.39, 0.29) is 22.0 Å². The summed E-state index contributed by atoms with van der Waals surface area (Å²) in [4.78, 5) is 1.86. The molecule has 1 aromatic rings. The maximum absolute atomic E-state index is 12.2. The van der Waals surface area contributed by atoms with Crippen molar-refractivity contribution < 1.29 is 13.2 Å². The molecule has 1 N–H and O–H groups in total. The summed E-state index contributed by atoms with van der Waals surface area (Å²) in [5.74, 6) is 0. The maximum atomic E-state index is 12.2. The van der Waals surface area contributed by atoms with E-state index in [1.807, 2.05) is 18.0 Å². The quantitative estimate of drug-likeness (QED) is 0.770. The average molecular weight is 332 g/mol. The summed E-state index contributed by atoms with van der Waals surface area (Å²) in [7, 11) is -0.247. The molecule has 8 heteroatoms. The van der Waals surface area contributed by atoms with Crippen LogP contribution in [0.25, 0.3) is 0 Å². The molecule has 0 aliphatic rings. The lowest BCUT2D eigenvalue weighted by molar-refractivity contribution is 0.162. The van der Waals surface area contributed by atoms with E-state index < -0.39 is 10.0 Å². The van der Waals surface area contributed by atoms with Gasteiger partial charge >= 0.3 is 0 Å². The van der Waals surface area contributed by atoms with Gasteiger partial charge in [0, 0.05) is 26.7 Å². The van der Waals surface area contributed by atoms with E-state index in [1.165, 1.54) is 18.2 Å². The fourth-order valence-corrected chi connectivity index (χ4v) is 3.13. The second-order valence-corrected chi connectivity index (χ2v) is 6.59. The molecule has 0 fully saturated rings. The van der Waals surface area contributed by atoms with E-state index in [1.54, 1.807) is 7.11 Å². The fourth-order valence-electron chi connectivity index (χ4n) is 1.59. The Labute approximate surface area is 130 Å². The molecule has 0 bridgehead atoms. The number of halogens is 1. The minimum atomic E-state index is -3.73. The highest BCUT2D eigenvalue weighted by molar-refractivity contribution is 7.89. The lowest BCUT2D eigenvalue weighted by atomic mass is 10.2. The second-order valence-electron chi connectivity index (χ2n) is 4.45. The van der Waals surface area contributed by atoms with Gasteiger partial charge in [0.15, 0.2) is 0 Å². The highest BCUT2D eigenvalue weighted by Gasteiger charge is 2.18. The standard InChI is InChI=1S/C13H18ClN3O3S/c1-17(7-8-20-2)6-5-16-21(18,19)13-9-11(10-15)3-4-12(13)14/h3-4,9,16H,5-8H2,1-2H3. The number of methoxy groups -OCH3 is 1. The summed E-state index contributed by atoms with van der Waals surface area (Å²) < 4.78 is 31.7. The van der Waals surface area contributed by atoms with Gasteiger partial charge in [-0.2, -0.15) is 5.26 Å². The highest BCUT2D eigenvalue weighted by Crippen LogP contribution is 2.22. The number of likely N-dealkylation sites (N-methyl/N-ethyl adjacent to an activating group) is 1. The Hall–Kier alpha value is -1.17. The Bertz CT molecular complexity index is 614. The Morgan fingerprint density at radius 2 is 2.14 bits per heavy atom. The normalized spacial score (nSPS) is 11.6. The number of hydrogen-bond donors (Lipinski definition) is 1. The van der Waals surface area contributed by atoms with Gasteiger partial charge in [-0.25, -0.2) is 13.1 Å². The van der Waals surface area contributed by atoms with Crippen molar-refractivity contribution in [3.05, 3.63) is 28.8 Å². The topological polar surface area (TPSA) is 82.4 Å². The van der Waals surface area contributed by atoms with Gasteiger partial charge in [0.1, 0.15) is 4.90 Å². The van der Waals surface area contributed by atoms with Gasteiger partial charge in [-0.1, -0.05) is 11.6 Å². The van der Waals surface area contributed by atoms with Crippen LogP contribution in [-0.2, 0) is 14.8 Å². The van der Waals surface area contributed by atoms with Gasteiger partial charge in [0.2, 0.25) is 10.0 Å². The lowest BCUT2D eigenvalue weighted by Gasteiger charge is -2.16. The summed E-state index contributed by atoms with van der Waals surface area (Å²) in [6.45, 7) is 2.08. The molecule has 0 saturated carbocycles. The van der Waals surface area contributed by atoms with Crippen LogP contribution in [0.3, 0.4) is 0 Å². The van der Waals surface area contributed by atoms with Gasteiger partial charge in [-0.15, -0.1) is 0 Å². The molecule has 1 aromatic carbocycles.